The molecule has 148 valence electrons. The Morgan fingerprint density at radius 1 is 1.25 bits per heavy atom. The number of imidazole rings is 1. The highest BCUT2D eigenvalue weighted by molar-refractivity contribution is 5.89. The molecule has 3 rings (SSSR count). The van der Waals surface area contributed by atoms with E-state index >= 15 is 0 Å². The van der Waals surface area contributed by atoms with E-state index < -0.39 is 17.7 Å². The SMILES string of the molecule is CCOC(=O)c1cn(Cc2cn3nccc(NC(=O)OC(C)(C)C)c3n2)nn1. The summed E-state index contributed by atoms with van der Waals surface area (Å²) in [5.41, 5.74) is 1.04. The highest BCUT2D eigenvalue weighted by atomic mass is 16.6. The van der Waals surface area contributed by atoms with Crippen molar-refractivity contribution in [3.63, 3.8) is 0 Å². The number of fused-ring (bicyclic) bond motifs is 1. The number of ether oxygens (including phenoxy) is 2. The molecule has 11 heteroatoms. The summed E-state index contributed by atoms with van der Waals surface area (Å²) in [6, 6.07) is 1.63. The van der Waals surface area contributed by atoms with Gasteiger partial charge in [0.15, 0.2) is 11.3 Å². The summed E-state index contributed by atoms with van der Waals surface area (Å²) in [6.45, 7) is 7.59. The van der Waals surface area contributed by atoms with Crippen molar-refractivity contribution in [1.82, 2.24) is 29.6 Å². The molecule has 0 bridgehead atoms. The number of aromatic nitrogens is 6. The van der Waals surface area contributed by atoms with E-state index in [4.69, 9.17) is 9.47 Å². The third-order valence-electron chi connectivity index (χ3n) is 3.39. The van der Waals surface area contributed by atoms with E-state index in [0.29, 0.717) is 17.0 Å². The quantitative estimate of drug-likeness (QED) is 0.658. The van der Waals surface area contributed by atoms with Crippen LogP contribution in [0.2, 0.25) is 0 Å². The van der Waals surface area contributed by atoms with Crippen molar-refractivity contribution in [2.75, 3.05) is 11.9 Å². The monoisotopic (exact) mass is 387 g/mol. The highest BCUT2D eigenvalue weighted by Crippen LogP contribution is 2.17. The van der Waals surface area contributed by atoms with E-state index in [0.717, 1.165) is 0 Å². The molecule has 1 amide bonds. The van der Waals surface area contributed by atoms with Crippen molar-refractivity contribution in [3.8, 4) is 0 Å². The lowest BCUT2D eigenvalue weighted by Crippen LogP contribution is -2.27. The maximum atomic E-state index is 12.0. The zero-order valence-corrected chi connectivity index (χ0v) is 16.0. The predicted octanol–water partition coefficient (Wildman–Crippen LogP) is 1.89. The van der Waals surface area contributed by atoms with Crippen LogP contribution in [-0.2, 0) is 16.0 Å². The molecule has 0 aromatic carbocycles. The van der Waals surface area contributed by atoms with E-state index in [1.54, 1.807) is 46.2 Å². The van der Waals surface area contributed by atoms with Gasteiger partial charge in [-0.15, -0.1) is 5.10 Å². The number of anilines is 1. The van der Waals surface area contributed by atoms with E-state index in [2.05, 4.69) is 25.7 Å². The van der Waals surface area contributed by atoms with Gasteiger partial charge < -0.3 is 9.47 Å². The Morgan fingerprint density at radius 2 is 2.04 bits per heavy atom. The molecule has 0 fully saturated rings. The molecule has 0 atom stereocenters. The molecule has 3 heterocycles. The number of carbonyl (C=O) groups is 2. The number of carbonyl (C=O) groups excluding carboxylic acids is 2. The first-order valence-electron chi connectivity index (χ1n) is 8.65. The van der Waals surface area contributed by atoms with Gasteiger partial charge in [0.25, 0.3) is 0 Å². The molecule has 28 heavy (non-hydrogen) atoms. The Kier molecular flexibility index (Phi) is 5.25. The smallest absolute Gasteiger partial charge is 0.412 e. The Bertz CT molecular complexity index is 1000. The minimum Gasteiger partial charge on any atom is -0.461 e. The van der Waals surface area contributed by atoms with Gasteiger partial charge in [-0.1, -0.05) is 5.21 Å². The molecule has 11 nitrogen and oxygen atoms in total. The van der Waals surface area contributed by atoms with Crippen LogP contribution in [-0.4, -0.2) is 53.9 Å². The Balaban J connectivity index is 1.77. The zero-order chi connectivity index (χ0) is 20.3. The minimum absolute atomic E-state index is 0.121. The van der Waals surface area contributed by atoms with Gasteiger partial charge in [-0.3, -0.25) is 5.32 Å². The molecule has 0 aliphatic rings. The number of nitrogens with one attached hydrogen (secondary N) is 1. The van der Waals surface area contributed by atoms with Crippen molar-refractivity contribution in [2.45, 2.75) is 39.8 Å². The van der Waals surface area contributed by atoms with Gasteiger partial charge >= 0.3 is 12.1 Å². The van der Waals surface area contributed by atoms with Gasteiger partial charge in [-0.25, -0.2) is 23.8 Å². The molecule has 0 spiro atoms. The summed E-state index contributed by atoms with van der Waals surface area (Å²) in [5.74, 6) is -0.533. The van der Waals surface area contributed by atoms with Gasteiger partial charge in [0.05, 0.1) is 43.1 Å². The summed E-state index contributed by atoms with van der Waals surface area (Å²) in [4.78, 5) is 28.2. The van der Waals surface area contributed by atoms with Crippen LogP contribution in [0.3, 0.4) is 0 Å². The van der Waals surface area contributed by atoms with Crippen molar-refractivity contribution in [3.05, 3.63) is 36.0 Å². The van der Waals surface area contributed by atoms with E-state index in [1.165, 1.54) is 15.4 Å². The van der Waals surface area contributed by atoms with Crippen LogP contribution in [0.15, 0.2) is 24.7 Å². The van der Waals surface area contributed by atoms with Gasteiger partial charge in [-0.2, -0.15) is 5.10 Å². The standard InChI is InChI=1S/C17H21N7O4/c1-5-27-15(25)13-10-23(22-21-13)8-11-9-24-14(19-11)12(6-7-18-24)20-16(26)28-17(2,3)4/h6-7,9-10H,5,8H2,1-4H3,(H,20,26). The maximum Gasteiger partial charge on any atom is 0.412 e. The van der Waals surface area contributed by atoms with Crippen LogP contribution in [0.1, 0.15) is 43.9 Å². The van der Waals surface area contributed by atoms with Crippen LogP contribution in [0.5, 0.6) is 0 Å². The molecule has 3 aromatic heterocycles. The normalized spacial score (nSPS) is 11.4. The molecular weight excluding hydrogens is 366 g/mol. The Morgan fingerprint density at radius 3 is 2.75 bits per heavy atom. The largest absolute Gasteiger partial charge is 0.461 e. The van der Waals surface area contributed by atoms with Crippen LogP contribution >= 0.6 is 0 Å². The lowest BCUT2D eigenvalue weighted by atomic mass is 10.2. The first kappa shape index (κ1) is 19.3. The van der Waals surface area contributed by atoms with Crippen LogP contribution in [0.4, 0.5) is 10.5 Å². The van der Waals surface area contributed by atoms with Crippen LogP contribution in [0, 0.1) is 0 Å². The van der Waals surface area contributed by atoms with Crippen LogP contribution in [0.25, 0.3) is 5.65 Å². The number of hydrogen-bond donors (Lipinski definition) is 1. The highest BCUT2D eigenvalue weighted by Gasteiger charge is 2.18. The van der Waals surface area contributed by atoms with Crippen molar-refractivity contribution < 1.29 is 19.1 Å². The van der Waals surface area contributed by atoms with Gasteiger partial charge in [0.2, 0.25) is 0 Å². The van der Waals surface area contributed by atoms with Gasteiger partial charge in [0.1, 0.15) is 5.60 Å². The Labute approximate surface area is 160 Å². The average Bonchev–Trinajstić information content (AvgIpc) is 3.21. The van der Waals surface area contributed by atoms with Crippen molar-refractivity contribution in [1.29, 1.82) is 0 Å². The second kappa shape index (κ2) is 7.62. The van der Waals surface area contributed by atoms with Crippen LogP contribution < -0.4 is 5.32 Å². The summed E-state index contributed by atoms with van der Waals surface area (Å²) < 4.78 is 13.2. The average molecular weight is 387 g/mol. The van der Waals surface area contributed by atoms with E-state index in [1.807, 2.05) is 0 Å². The van der Waals surface area contributed by atoms with Gasteiger partial charge in [-0.05, 0) is 33.8 Å². The molecule has 0 aliphatic heterocycles. The number of amides is 1. The first-order valence-corrected chi connectivity index (χ1v) is 8.65. The lowest BCUT2D eigenvalue weighted by molar-refractivity contribution is 0.0518. The molecule has 0 aliphatic carbocycles. The summed E-state index contributed by atoms with van der Waals surface area (Å²) in [5, 5.41) is 14.6. The third-order valence-corrected chi connectivity index (χ3v) is 3.39. The second-order valence-electron chi connectivity index (χ2n) is 6.89. The number of nitrogens with zero attached hydrogens (tertiary/aromatic N) is 6. The van der Waals surface area contributed by atoms with E-state index in [9.17, 15) is 9.59 Å². The molecular formula is C17H21N7O4. The third kappa shape index (κ3) is 4.61. The zero-order valence-electron chi connectivity index (χ0n) is 16.0. The van der Waals surface area contributed by atoms with Crippen molar-refractivity contribution in [2.24, 2.45) is 0 Å². The molecule has 0 radical (unpaired) electrons. The summed E-state index contributed by atoms with van der Waals surface area (Å²) >= 11 is 0. The fourth-order valence-corrected chi connectivity index (χ4v) is 2.37. The summed E-state index contributed by atoms with van der Waals surface area (Å²) in [6.07, 6.45) is 4.14. The molecule has 0 saturated carbocycles. The fourth-order valence-electron chi connectivity index (χ4n) is 2.37. The number of esters is 1. The lowest BCUT2D eigenvalue weighted by Gasteiger charge is -2.19. The molecule has 3 aromatic rings. The topological polar surface area (TPSA) is 126 Å². The minimum atomic E-state index is -0.613. The van der Waals surface area contributed by atoms with Gasteiger partial charge in [0, 0.05) is 0 Å². The Hall–Kier alpha value is -3.50. The first-order chi connectivity index (χ1) is 13.2. The molecule has 1 N–H and O–H groups in total. The second-order valence-corrected chi connectivity index (χ2v) is 6.89. The fraction of sp³-hybridized carbons (Fsp3) is 0.412. The number of hydrogen-bond acceptors (Lipinski definition) is 8. The number of rotatable bonds is 5. The predicted molar refractivity (Wildman–Crippen MR) is 97.9 cm³/mol. The van der Waals surface area contributed by atoms with Crippen molar-refractivity contribution >= 4 is 23.4 Å². The maximum absolute atomic E-state index is 12.0. The van der Waals surface area contributed by atoms with E-state index in [-0.39, 0.29) is 18.8 Å². The summed E-state index contributed by atoms with van der Waals surface area (Å²) in [7, 11) is 0. The molecule has 0 saturated heterocycles. The molecule has 0 unspecified atom stereocenters.